The number of carboxylic acids is 5. The van der Waals surface area contributed by atoms with Crippen molar-refractivity contribution in [2.24, 2.45) is 0 Å². The summed E-state index contributed by atoms with van der Waals surface area (Å²) >= 11 is 0. The third-order valence-corrected chi connectivity index (χ3v) is 3.26. The average molecular weight is 454 g/mol. The van der Waals surface area contributed by atoms with Gasteiger partial charge in [-0.1, -0.05) is 0 Å². The first kappa shape index (κ1) is 35.4. The molecule has 0 heterocycles. The van der Waals surface area contributed by atoms with Crippen molar-refractivity contribution in [2.45, 2.75) is 0 Å². The van der Waals surface area contributed by atoms with Crippen LogP contribution < -0.4 is 12.3 Å². The molecule has 0 unspecified atom stereocenters. The van der Waals surface area contributed by atoms with E-state index in [1.54, 1.807) is 0 Å². The molecule has 0 aromatic carbocycles. The van der Waals surface area contributed by atoms with E-state index < -0.39 is 62.6 Å². The van der Waals surface area contributed by atoms with Crippen LogP contribution in [0.1, 0.15) is 2.85 Å². The van der Waals surface area contributed by atoms with E-state index in [9.17, 15) is 24.0 Å². The molecule has 0 spiro atoms. The van der Waals surface area contributed by atoms with Crippen LogP contribution in [0.4, 0.5) is 0 Å². The van der Waals surface area contributed by atoms with Gasteiger partial charge in [-0.3, -0.25) is 38.7 Å². The maximum atomic E-state index is 11.0. The van der Waals surface area contributed by atoms with Gasteiger partial charge >= 0.3 is 52.9 Å². The average Bonchev–Trinajstić information content (AvgIpc) is 2.46. The van der Waals surface area contributed by atoms with Crippen LogP contribution in [-0.2, 0) is 24.0 Å². The normalized spacial score (nSPS) is 9.97. The van der Waals surface area contributed by atoms with Gasteiger partial charge in [0.15, 0.2) is 0 Å². The molecule has 0 aromatic heterocycles. The third kappa shape index (κ3) is 20.6. The van der Waals surface area contributed by atoms with Gasteiger partial charge in [0.2, 0.25) is 0 Å². The van der Waals surface area contributed by atoms with Crippen molar-refractivity contribution in [1.29, 1.82) is 0 Å². The van der Waals surface area contributed by atoms with Crippen LogP contribution in [0.2, 0.25) is 0 Å². The van der Waals surface area contributed by atoms with Gasteiger partial charge < -0.3 is 40.7 Å². The fourth-order valence-electron chi connectivity index (χ4n) is 2.22. The zero-order valence-corrected chi connectivity index (χ0v) is 18.0. The molecule has 0 saturated heterocycles. The Kier molecular flexibility index (Phi) is 22.3. The summed E-state index contributed by atoms with van der Waals surface area (Å²) < 4.78 is 0. The summed E-state index contributed by atoms with van der Waals surface area (Å²) in [6.45, 7) is -2.74. The Morgan fingerprint density at radius 3 is 0.833 bits per heavy atom. The van der Waals surface area contributed by atoms with Crippen molar-refractivity contribution in [3.05, 3.63) is 0 Å². The number of aliphatic carboxylic acids is 5. The van der Waals surface area contributed by atoms with Crippen LogP contribution in [0.5, 0.6) is 0 Å². The Labute approximate surface area is 191 Å². The predicted octanol–water partition coefficient (Wildman–Crippen LogP) is -2.52. The maximum absolute atomic E-state index is 11.0. The molecule has 16 heteroatoms. The molecular formula is C14H31MgN5O10. The second-order valence-electron chi connectivity index (χ2n) is 5.67. The molecule has 0 rings (SSSR count). The van der Waals surface area contributed by atoms with E-state index in [2.05, 4.69) is 0 Å². The molecule has 0 aliphatic heterocycles. The van der Waals surface area contributed by atoms with Crippen LogP contribution >= 0.6 is 0 Å². The number of nitrogens with zero attached hydrogens (tertiary/aromatic N) is 3. The number of hydrogen-bond acceptors (Lipinski definition) is 10. The quantitative estimate of drug-likeness (QED) is 0.119. The topological polar surface area (TPSA) is 266 Å². The molecule has 0 bridgehead atoms. The van der Waals surface area contributed by atoms with E-state index in [1.165, 1.54) is 4.90 Å². The van der Waals surface area contributed by atoms with Crippen molar-refractivity contribution < 1.29 is 52.4 Å². The van der Waals surface area contributed by atoms with E-state index in [1.807, 2.05) is 0 Å². The van der Waals surface area contributed by atoms with Crippen LogP contribution in [0.15, 0.2) is 0 Å². The van der Waals surface area contributed by atoms with Gasteiger partial charge in [-0.15, -0.1) is 0 Å². The SMILES string of the molecule is N.N.O=C(O)CN(CCN(CC(=O)O)CC(=O)O)CCN(CC(=O)O)CC(=O)O.[H-].[H-].[Mg+2]. The molecule has 0 aliphatic rings. The first-order valence-corrected chi connectivity index (χ1v) is 7.75. The van der Waals surface area contributed by atoms with Crippen molar-refractivity contribution >= 4 is 52.9 Å². The number of carboxylic acid groups (broad SMARTS) is 5. The summed E-state index contributed by atoms with van der Waals surface area (Å²) in [4.78, 5) is 57.6. The third-order valence-electron chi connectivity index (χ3n) is 3.26. The molecule has 174 valence electrons. The maximum Gasteiger partial charge on any atom is 2.00 e. The molecule has 0 fully saturated rings. The van der Waals surface area contributed by atoms with Crippen LogP contribution in [0, 0.1) is 0 Å². The second-order valence-corrected chi connectivity index (χ2v) is 5.67. The summed E-state index contributed by atoms with van der Waals surface area (Å²) in [6.07, 6.45) is 0. The molecule has 0 amide bonds. The minimum Gasteiger partial charge on any atom is -1.00 e. The molecule has 0 radical (unpaired) electrons. The minimum absolute atomic E-state index is 0. The number of hydrogen-bond donors (Lipinski definition) is 7. The number of carbonyl (C=O) groups is 5. The first-order chi connectivity index (χ1) is 12.5. The predicted molar refractivity (Wildman–Crippen MR) is 106 cm³/mol. The van der Waals surface area contributed by atoms with Gasteiger partial charge in [-0.25, -0.2) is 0 Å². The molecule has 11 N–H and O–H groups in total. The van der Waals surface area contributed by atoms with E-state index in [0.29, 0.717) is 0 Å². The van der Waals surface area contributed by atoms with Crippen LogP contribution in [0.25, 0.3) is 0 Å². The fourth-order valence-corrected chi connectivity index (χ4v) is 2.22. The Morgan fingerprint density at radius 2 is 0.633 bits per heavy atom. The van der Waals surface area contributed by atoms with Gasteiger partial charge in [0.25, 0.3) is 0 Å². The molecule has 15 nitrogen and oxygen atoms in total. The standard InChI is InChI=1S/C14H23N3O10.Mg.2H3N.2H/c18-10(19)5-15(1-3-16(6-11(20)21)7-12(22)23)2-4-17(8-13(24)25)9-14(26)27;;;;;/h1-9H2,(H,18,19)(H,20,21)(H,22,23)(H,24,25)(H,26,27);;2*1H3;;/q;+2;;;2*-1. The molecule has 0 aromatic rings. The Bertz CT molecular complexity index is 504. The van der Waals surface area contributed by atoms with Gasteiger partial charge in [-0.05, 0) is 0 Å². The number of rotatable bonds is 16. The molecule has 30 heavy (non-hydrogen) atoms. The van der Waals surface area contributed by atoms with E-state index >= 15 is 0 Å². The molecule has 0 atom stereocenters. The Hall–Kier alpha value is -2.08. The van der Waals surface area contributed by atoms with Crippen molar-refractivity contribution in [3.63, 3.8) is 0 Å². The zero-order chi connectivity index (χ0) is 21.0. The van der Waals surface area contributed by atoms with E-state index in [0.717, 1.165) is 9.80 Å². The molecular weight excluding hydrogens is 422 g/mol. The summed E-state index contributed by atoms with van der Waals surface area (Å²) in [5.74, 6) is -6.16. The van der Waals surface area contributed by atoms with Gasteiger partial charge in [0.1, 0.15) is 0 Å². The summed E-state index contributed by atoms with van der Waals surface area (Å²) in [5, 5.41) is 44.1. The van der Waals surface area contributed by atoms with E-state index in [4.69, 9.17) is 25.5 Å². The first-order valence-electron chi connectivity index (χ1n) is 7.75. The van der Waals surface area contributed by atoms with Crippen molar-refractivity contribution in [1.82, 2.24) is 27.0 Å². The van der Waals surface area contributed by atoms with Crippen LogP contribution in [0.3, 0.4) is 0 Å². The monoisotopic (exact) mass is 453 g/mol. The zero-order valence-electron chi connectivity index (χ0n) is 18.6. The molecule has 0 aliphatic carbocycles. The summed E-state index contributed by atoms with van der Waals surface area (Å²) in [6, 6.07) is 0. The van der Waals surface area contributed by atoms with Gasteiger partial charge in [0, 0.05) is 26.2 Å². The smallest absolute Gasteiger partial charge is 1.00 e. The van der Waals surface area contributed by atoms with Crippen molar-refractivity contribution in [3.8, 4) is 0 Å². The van der Waals surface area contributed by atoms with Gasteiger partial charge in [0.05, 0.1) is 32.7 Å². The Balaban J connectivity index is -0.000000338. The largest absolute Gasteiger partial charge is 2.00 e. The minimum atomic E-state index is -1.24. The van der Waals surface area contributed by atoms with Gasteiger partial charge in [-0.2, -0.15) is 0 Å². The van der Waals surface area contributed by atoms with E-state index in [-0.39, 0.29) is 64.4 Å². The second kappa shape index (κ2) is 18.9. The van der Waals surface area contributed by atoms with Crippen molar-refractivity contribution in [2.75, 3.05) is 58.9 Å². The molecule has 0 saturated carbocycles. The summed E-state index contributed by atoms with van der Waals surface area (Å²) in [5.41, 5.74) is 0. The fraction of sp³-hybridized carbons (Fsp3) is 0.643. The van der Waals surface area contributed by atoms with Crippen LogP contribution in [-0.4, -0.2) is 152 Å². The summed E-state index contributed by atoms with van der Waals surface area (Å²) in [7, 11) is 0. The Morgan fingerprint density at radius 1 is 0.467 bits per heavy atom.